The zero-order valence-corrected chi connectivity index (χ0v) is 39.8. The molecule has 2 aliphatic heterocycles. The van der Waals surface area contributed by atoms with E-state index in [1.54, 1.807) is 0 Å². The van der Waals surface area contributed by atoms with Crippen molar-refractivity contribution in [3.63, 3.8) is 0 Å². The summed E-state index contributed by atoms with van der Waals surface area (Å²) in [6.07, 6.45) is 8.45. The van der Waals surface area contributed by atoms with Gasteiger partial charge < -0.3 is 24.6 Å². The molecule has 7 atom stereocenters. The highest BCUT2D eigenvalue weighted by Gasteiger charge is 2.42. The summed E-state index contributed by atoms with van der Waals surface area (Å²) in [5.41, 5.74) is 5.37. The van der Waals surface area contributed by atoms with Gasteiger partial charge in [-0.2, -0.15) is 0 Å². The topological polar surface area (TPSA) is 105 Å². The number of alkyl carbamates (subject to hydrolysis) is 1. The number of amides is 3. The molecule has 9 nitrogen and oxygen atoms in total. The van der Waals surface area contributed by atoms with Crippen LogP contribution >= 0.6 is 0 Å². The summed E-state index contributed by atoms with van der Waals surface area (Å²) in [5.74, 6) is 0.288. The molecule has 7 rings (SSSR count). The third-order valence-corrected chi connectivity index (χ3v) is 13.7. The summed E-state index contributed by atoms with van der Waals surface area (Å²) in [6.45, 7) is 14.7. The molecule has 3 fully saturated rings. The van der Waals surface area contributed by atoms with E-state index in [0.717, 1.165) is 75.5 Å². The molecular formula is C56H71N3O6. The number of likely N-dealkylation sites (tertiary alicyclic amines) is 2. The van der Waals surface area contributed by atoms with E-state index in [-0.39, 0.29) is 36.3 Å². The van der Waals surface area contributed by atoms with Crippen LogP contribution < -0.4 is 5.32 Å². The minimum Gasteiger partial charge on any atom is -0.460 e. The Kier molecular flexibility index (Phi) is 15.2. The van der Waals surface area contributed by atoms with Gasteiger partial charge >= 0.3 is 12.1 Å². The first kappa shape index (κ1) is 47.5. The highest BCUT2D eigenvalue weighted by atomic mass is 16.6. The van der Waals surface area contributed by atoms with Crippen molar-refractivity contribution in [1.29, 1.82) is 0 Å². The van der Waals surface area contributed by atoms with Crippen molar-refractivity contribution >= 4 is 23.9 Å². The number of rotatable bonds is 14. The van der Waals surface area contributed by atoms with Crippen LogP contribution in [-0.2, 0) is 23.9 Å². The second kappa shape index (κ2) is 20.8. The predicted molar refractivity (Wildman–Crippen MR) is 257 cm³/mol. The van der Waals surface area contributed by atoms with Crippen LogP contribution in [0.5, 0.6) is 0 Å². The molecule has 4 aromatic carbocycles. The lowest BCUT2D eigenvalue weighted by molar-refractivity contribution is -0.157. The Morgan fingerprint density at radius 3 is 1.86 bits per heavy atom. The number of esters is 1. The van der Waals surface area contributed by atoms with Gasteiger partial charge in [0.05, 0.1) is 12.3 Å². The van der Waals surface area contributed by atoms with Crippen LogP contribution in [-0.4, -0.2) is 70.1 Å². The molecule has 3 unspecified atom stereocenters. The van der Waals surface area contributed by atoms with Crippen molar-refractivity contribution in [2.24, 2.45) is 5.92 Å². The Hall–Kier alpha value is -5.44. The summed E-state index contributed by atoms with van der Waals surface area (Å²) in [5, 5.41) is 2.87. The number of benzene rings is 4. The lowest BCUT2D eigenvalue weighted by Crippen LogP contribution is -2.46. The number of nitrogens with zero attached hydrogens (tertiary/aromatic N) is 2. The fourth-order valence-electron chi connectivity index (χ4n) is 10.5. The molecule has 1 saturated carbocycles. The molecule has 65 heavy (non-hydrogen) atoms. The molecule has 0 bridgehead atoms. The summed E-state index contributed by atoms with van der Waals surface area (Å²) >= 11 is 0. The van der Waals surface area contributed by atoms with Gasteiger partial charge in [-0.15, -0.1) is 0 Å². The van der Waals surface area contributed by atoms with Crippen molar-refractivity contribution in [2.75, 3.05) is 13.1 Å². The molecule has 2 heterocycles. The molecule has 0 aromatic heterocycles. The number of nitrogens with one attached hydrogen (secondary N) is 1. The van der Waals surface area contributed by atoms with Gasteiger partial charge in [0.2, 0.25) is 11.8 Å². The number of hydrogen-bond donors (Lipinski definition) is 1. The predicted octanol–water partition coefficient (Wildman–Crippen LogP) is 11.9. The fraction of sp³-hybridized carbons (Fsp3) is 0.500. The molecule has 0 radical (unpaired) electrons. The Labute approximate surface area is 387 Å². The van der Waals surface area contributed by atoms with E-state index < -0.39 is 29.3 Å². The minimum absolute atomic E-state index is 0.0443. The first-order valence-electron chi connectivity index (χ1n) is 24.2. The van der Waals surface area contributed by atoms with Crippen LogP contribution in [0.4, 0.5) is 4.79 Å². The fourth-order valence-corrected chi connectivity index (χ4v) is 10.5. The zero-order valence-electron chi connectivity index (χ0n) is 39.8. The van der Waals surface area contributed by atoms with Crippen LogP contribution in [0.15, 0.2) is 109 Å². The molecule has 3 aliphatic rings. The van der Waals surface area contributed by atoms with Crippen LogP contribution in [0.3, 0.4) is 0 Å². The van der Waals surface area contributed by atoms with Gasteiger partial charge in [0.25, 0.3) is 0 Å². The third-order valence-electron chi connectivity index (χ3n) is 13.7. The third kappa shape index (κ3) is 12.5. The zero-order chi connectivity index (χ0) is 46.3. The molecule has 9 heteroatoms. The number of carbonyl (C=O) groups excluding carboxylic acids is 4. The standard InChI is InChI=1S/C56H71N3O6/c1-38(22-33-47-20-14-34-58(47)53(62)51(44-18-12-9-13-19-44)57-54(63)65-56(5,6)7)39-23-25-40(26-24-39)41-27-29-42(30-28-41)45-31-32-46(36-45)49-21-15-35-59(49)52(61)48(43-16-10-8-11-17-43)37-50(60)64-55(2,3)4/h8-13,16-19,23-30,38,45-49,51H,14-15,20-22,31-37H2,1-7H3,(H,57,63)/t38?,45?,46?,47-,48+,49-,51+/m0/s1. The Balaban J connectivity index is 0.928. The molecule has 1 N–H and O–H groups in total. The summed E-state index contributed by atoms with van der Waals surface area (Å²) in [6, 6.07) is 36.7. The van der Waals surface area contributed by atoms with Gasteiger partial charge in [-0.1, -0.05) is 116 Å². The van der Waals surface area contributed by atoms with Crippen LogP contribution in [0.2, 0.25) is 0 Å². The maximum atomic E-state index is 14.3. The second-order valence-electron chi connectivity index (χ2n) is 20.8. The first-order valence-corrected chi connectivity index (χ1v) is 24.2. The van der Waals surface area contributed by atoms with Crippen LogP contribution in [0.25, 0.3) is 11.1 Å². The SMILES string of the molecule is CC(CC[C@@H]1CCCN1C(=O)[C@H](NC(=O)OC(C)(C)C)c1ccccc1)c1ccc(-c2ccc(C3CCC([C@@H]4CCCN4C(=O)[C@H](CC(=O)OC(C)(C)C)c4ccccc4)C3)cc2)cc1. The van der Waals surface area contributed by atoms with E-state index in [1.807, 2.05) is 107 Å². The lowest BCUT2D eigenvalue weighted by atomic mass is 9.89. The number of hydrogen-bond acceptors (Lipinski definition) is 6. The molecule has 3 amide bonds. The van der Waals surface area contributed by atoms with E-state index in [9.17, 15) is 19.2 Å². The van der Waals surface area contributed by atoms with Gasteiger partial charge in [-0.25, -0.2) is 4.79 Å². The van der Waals surface area contributed by atoms with Gasteiger partial charge in [-0.3, -0.25) is 14.4 Å². The van der Waals surface area contributed by atoms with Gasteiger partial charge in [0.1, 0.15) is 17.2 Å². The quantitative estimate of drug-likeness (QED) is 0.126. The maximum absolute atomic E-state index is 14.3. The van der Waals surface area contributed by atoms with Gasteiger partial charge in [0, 0.05) is 25.2 Å². The summed E-state index contributed by atoms with van der Waals surface area (Å²) < 4.78 is 11.2. The van der Waals surface area contributed by atoms with E-state index in [4.69, 9.17) is 9.47 Å². The Morgan fingerprint density at radius 1 is 0.646 bits per heavy atom. The Bertz CT molecular complexity index is 2210. The normalized spacial score (nSPS) is 21.4. The Morgan fingerprint density at radius 2 is 1.23 bits per heavy atom. The molecule has 346 valence electrons. The van der Waals surface area contributed by atoms with E-state index in [0.29, 0.717) is 24.3 Å². The number of ether oxygens (including phenoxy) is 2. The summed E-state index contributed by atoms with van der Waals surface area (Å²) in [4.78, 5) is 58.4. The first-order chi connectivity index (χ1) is 31.0. The van der Waals surface area contributed by atoms with Crippen molar-refractivity contribution < 1.29 is 28.7 Å². The van der Waals surface area contributed by atoms with Crippen molar-refractivity contribution in [1.82, 2.24) is 15.1 Å². The minimum atomic E-state index is -0.806. The largest absolute Gasteiger partial charge is 0.460 e. The summed E-state index contributed by atoms with van der Waals surface area (Å²) in [7, 11) is 0. The van der Waals surface area contributed by atoms with Crippen LogP contribution in [0.1, 0.15) is 159 Å². The molecule has 1 aliphatic carbocycles. The lowest BCUT2D eigenvalue weighted by Gasteiger charge is -2.33. The van der Waals surface area contributed by atoms with Crippen LogP contribution in [0, 0.1) is 5.92 Å². The average Bonchev–Trinajstić information content (AvgIpc) is 4.08. The second-order valence-corrected chi connectivity index (χ2v) is 20.8. The van der Waals surface area contributed by atoms with Gasteiger partial charge in [-0.05, 0) is 150 Å². The molecule has 0 spiro atoms. The van der Waals surface area contributed by atoms with Gasteiger partial charge in [0.15, 0.2) is 0 Å². The van der Waals surface area contributed by atoms with E-state index >= 15 is 0 Å². The average molecular weight is 882 g/mol. The number of carbonyl (C=O) groups is 4. The van der Waals surface area contributed by atoms with E-state index in [1.165, 1.54) is 22.3 Å². The van der Waals surface area contributed by atoms with Crippen molar-refractivity contribution in [3.05, 3.63) is 131 Å². The molecule has 2 saturated heterocycles. The molecule has 4 aromatic rings. The van der Waals surface area contributed by atoms with Crippen molar-refractivity contribution in [2.45, 2.75) is 160 Å². The van der Waals surface area contributed by atoms with E-state index in [2.05, 4.69) is 65.7 Å². The highest BCUT2D eigenvalue weighted by Crippen LogP contribution is 2.44. The highest BCUT2D eigenvalue weighted by molar-refractivity contribution is 5.89. The monoisotopic (exact) mass is 882 g/mol. The smallest absolute Gasteiger partial charge is 0.408 e. The maximum Gasteiger partial charge on any atom is 0.408 e. The molecular weight excluding hydrogens is 811 g/mol. The van der Waals surface area contributed by atoms with Crippen molar-refractivity contribution in [3.8, 4) is 11.1 Å².